The van der Waals surface area contributed by atoms with Gasteiger partial charge in [-0.2, -0.15) is 0 Å². The van der Waals surface area contributed by atoms with Crippen molar-refractivity contribution in [2.24, 2.45) is 0 Å². The summed E-state index contributed by atoms with van der Waals surface area (Å²) in [5.74, 6) is 0.918. The molecule has 20 heavy (non-hydrogen) atoms. The molecule has 1 fully saturated rings. The van der Waals surface area contributed by atoms with E-state index in [2.05, 4.69) is 22.1 Å². The molecule has 4 nitrogen and oxygen atoms in total. The summed E-state index contributed by atoms with van der Waals surface area (Å²) >= 11 is 5.48. The summed E-state index contributed by atoms with van der Waals surface area (Å²) in [5.41, 5.74) is 0.981. The van der Waals surface area contributed by atoms with Crippen molar-refractivity contribution < 1.29 is 4.42 Å². The van der Waals surface area contributed by atoms with Crippen LogP contribution in [-0.4, -0.2) is 21.5 Å². The molecule has 5 heteroatoms. The highest BCUT2D eigenvalue weighted by Crippen LogP contribution is 2.38. The second kappa shape index (κ2) is 5.63. The van der Waals surface area contributed by atoms with E-state index in [1.54, 1.807) is 6.26 Å². The molecule has 0 saturated carbocycles. The molecular formula is C15H17N3OS. The topological polar surface area (TPSA) is 41.3 Å². The van der Waals surface area contributed by atoms with E-state index in [4.69, 9.17) is 16.6 Å². The Balaban J connectivity index is 1.99. The fourth-order valence-corrected chi connectivity index (χ4v) is 2.99. The Morgan fingerprint density at radius 3 is 2.90 bits per heavy atom. The first-order valence-corrected chi connectivity index (χ1v) is 7.23. The summed E-state index contributed by atoms with van der Waals surface area (Å²) in [6.07, 6.45) is 4.55. The molecule has 2 aromatic rings. The lowest BCUT2D eigenvalue weighted by molar-refractivity contribution is 0.273. The number of rotatable bonds is 4. The summed E-state index contributed by atoms with van der Waals surface area (Å²) < 4.78 is 5.62. The average Bonchev–Trinajstić information content (AvgIpc) is 3.09. The molecule has 0 bridgehead atoms. The first-order chi connectivity index (χ1) is 9.81. The zero-order valence-electron chi connectivity index (χ0n) is 11.3. The number of aromatic nitrogens is 1. The lowest BCUT2D eigenvalue weighted by Gasteiger charge is -2.25. The summed E-state index contributed by atoms with van der Waals surface area (Å²) in [5, 5.41) is 4.15. The third kappa shape index (κ3) is 2.29. The normalized spacial score (nSPS) is 22.1. The zero-order chi connectivity index (χ0) is 13.9. The van der Waals surface area contributed by atoms with Crippen LogP contribution in [0.15, 0.2) is 47.2 Å². The average molecular weight is 287 g/mol. The van der Waals surface area contributed by atoms with Gasteiger partial charge in [-0.05, 0) is 42.9 Å². The van der Waals surface area contributed by atoms with Gasteiger partial charge in [0, 0.05) is 12.7 Å². The number of thiocarbonyl (C=S) groups is 1. The molecule has 3 heterocycles. The second-order valence-corrected chi connectivity index (χ2v) is 5.22. The van der Waals surface area contributed by atoms with Gasteiger partial charge in [0.1, 0.15) is 11.8 Å². The molecule has 0 radical (unpaired) electrons. The van der Waals surface area contributed by atoms with Gasteiger partial charge in [0.15, 0.2) is 5.11 Å². The van der Waals surface area contributed by atoms with Gasteiger partial charge in [-0.15, -0.1) is 0 Å². The molecule has 104 valence electrons. The predicted molar refractivity (Wildman–Crippen MR) is 81.2 cm³/mol. The van der Waals surface area contributed by atoms with E-state index in [9.17, 15) is 0 Å². The van der Waals surface area contributed by atoms with Crippen LogP contribution in [0, 0.1) is 0 Å². The van der Waals surface area contributed by atoms with E-state index >= 15 is 0 Å². The van der Waals surface area contributed by atoms with E-state index in [0.717, 1.165) is 29.5 Å². The van der Waals surface area contributed by atoms with Crippen molar-refractivity contribution in [3.05, 3.63) is 54.2 Å². The smallest absolute Gasteiger partial charge is 0.170 e. The number of hydrogen-bond acceptors (Lipinski definition) is 3. The molecule has 1 aliphatic heterocycles. The standard InChI is InChI=1S/C15H17N3OS/c1-2-9-18-14(12-7-5-10-19-12)13(17-15(18)20)11-6-3-4-8-16-11/h3-8,10,13-14H,2,9H2,1H3,(H,17,20)/t13-,14+/m0/s1. The molecule has 3 rings (SSSR count). The van der Waals surface area contributed by atoms with Crippen molar-refractivity contribution in [2.45, 2.75) is 25.4 Å². The Labute approximate surface area is 123 Å². The lowest BCUT2D eigenvalue weighted by atomic mass is 10.0. The molecule has 0 unspecified atom stereocenters. The van der Waals surface area contributed by atoms with Crippen molar-refractivity contribution in [3.63, 3.8) is 0 Å². The van der Waals surface area contributed by atoms with Gasteiger partial charge >= 0.3 is 0 Å². The maximum Gasteiger partial charge on any atom is 0.170 e. The van der Waals surface area contributed by atoms with Gasteiger partial charge in [-0.25, -0.2) is 0 Å². The van der Waals surface area contributed by atoms with E-state index in [1.807, 2.05) is 36.5 Å². The Bertz CT molecular complexity index is 570. The van der Waals surface area contributed by atoms with Crippen LogP contribution in [0.3, 0.4) is 0 Å². The molecule has 1 saturated heterocycles. The second-order valence-electron chi connectivity index (χ2n) is 4.84. The fraction of sp³-hybridized carbons (Fsp3) is 0.333. The van der Waals surface area contributed by atoms with E-state index in [-0.39, 0.29) is 12.1 Å². The minimum atomic E-state index is 0.0291. The summed E-state index contributed by atoms with van der Waals surface area (Å²) in [6.45, 7) is 3.05. The molecule has 0 amide bonds. The number of nitrogens with zero attached hydrogens (tertiary/aromatic N) is 2. The third-order valence-corrected chi connectivity index (χ3v) is 3.85. The minimum Gasteiger partial charge on any atom is -0.467 e. The number of furan rings is 1. The molecule has 0 aromatic carbocycles. The van der Waals surface area contributed by atoms with Crippen LogP contribution in [-0.2, 0) is 0 Å². The van der Waals surface area contributed by atoms with Crippen LogP contribution in [0.25, 0.3) is 0 Å². The number of nitrogens with one attached hydrogen (secondary N) is 1. The van der Waals surface area contributed by atoms with Crippen molar-refractivity contribution in [1.29, 1.82) is 0 Å². The largest absolute Gasteiger partial charge is 0.467 e. The van der Waals surface area contributed by atoms with Crippen molar-refractivity contribution >= 4 is 17.3 Å². The highest BCUT2D eigenvalue weighted by atomic mass is 32.1. The molecule has 1 N–H and O–H groups in total. The van der Waals surface area contributed by atoms with Gasteiger partial charge in [0.25, 0.3) is 0 Å². The maximum atomic E-state index is 5.62. The quantitative estimate of drug-likeness (QED) is 0.875. The third-order valence-electron chi connectivity index (χ3n) is 3.50. The SMILES string of the molecule is CCCN1C(=S)N[C@@H](c2ccccn2)[C@H]1c1ccco1. The Kier molecular flexibility index (Phi) is 3.69. The van der Waals surface area contributed by atoms with E-state index in [1.165, 1.54) is 0 Å². The van der Waals surface area contributed by atoms with Gasteiger partial charge < -0.3 is 14.6 Å². The van der Waals surface area contributed by atoms with Crippen LogP contribution in [0.2, 0.25) is 0 Å². The Morgan fingerprint density at radius 2 is 2.25 bits per heavy atom. The zero-order valence-corrected chi connectivity index (χ0v) is 12.1. The van der Waals surface area contributed by atoms with E-state index < -0.39 is 0 Å². The molecular weight excluding hydrogens is 270 g/mol. The molecule has 1 aliphatic rings. The highest BCUT2D eigenvalue weighted by Gasteiger charge is 2.40. The van der Waals surface area contributed by atoms with Gasteiger partial charge in [0.05, 0.1) is 18.0 Å². The molecule has 2 atom stereocenters. The highest BCUT2D eigenvalue weighted by molar-refractivity contribution is 7.80. The first kappa shape index (κ1) is 13.1. The maximum absolute atomic E-state index is 5.62. The summed E-state index contributed by atoms with van der Waals surface area (Å²) in [6, 6.07) is 9.94. The number of hydrogen-bond donors (Lipinski definition) is 1. The van der Waals surface area contributed by atoms with E-state index in [0.29, 0.717) is 0 Å². The van der Waals surface area contributed by atoms with Gasteiger partial charge in [0.2, 0.25) is 0 Å². The van der Waals surface area contributed by atoms with Crippen LogP contribution in [0.5, 0.6) is 0 Å². The van der Waals surface area contributed by atoms with Gasteiger partial charge in [-0.3, -0.25) is 4.98 Å². The van der Waals surface area contributed by atoms with Gasteiger partial charge in [-0.1, -0.05) is 13.0 Å². The monoisotopic (exact) mass is 287 g/mol. The predicted octanol–water partition coefficient (Wildman–Crippen LogP) is 3.06. The van der Waals surface area contributed by atoms with Crippen molar-refractivity contribution in [2.75, 3.05) is 6.54 Å². The van der Waals surface area contributed by atoms with Crippen LogP contribution < -0.4 is 5.32 Å². The number of pyridine rings is 1. The first-order valence-electron chi connectivity index (χ1n) is 6.82. The van der Waals surface area contributed by atoms with Crippen LogP contribution in [0.1, 0.15) is 36.9 Å². The fourth-order valence-electron chi connectivity index (χ4n) is 2.66. The minimum absolute atomic E-state index is 0.0291. The molecule has 0 aliphatic carbocycles. The van der Waals surface area contributed by atoms with Crippen LogP contribution in [0.4, 0.5) is 0 Å². The van der Waals surface area contributed by atoms with Crippen molar-refractivity contribution in [3.8, 4) is 0 Å². The van der Waals surface area contributed by atoms with Crippen LogP contribution >= 0.6 is 12.2 Å². The lowest BCUT2D eigenvalue weighted by Crippen LogP contribution is -2.30. The molecule has 2 aromatic heterocycles. The Hall–Kier alpha value is -1.88. The Morgan fingerprint density at radius 1 is 1.35 bits per heavy atom. The van der Waals surface area contributed by atoms with Crippen molar-refractivity contribution in [1.82, 2.24) is 15.2 Å². The summed E-state index contributed by atoms with van der Waals surface area (Å²) in [7, 11) is 0. The summed E-state index contributed by atoms with van der Waals surface area (Å²) in [4.78, 5) is 6.65. The molecule has 0 spiro atoms.